The van der Waals surface area contributed by atoms with Crippen molar-refractivity contribution >= 4 is 11.0 Å². The van der Waals surface area contributed by atoms with Gasteiger partial charge in [-0.05, 0) is 29.8 Å². The monoisotopic (exact) mass is 253 g/mol. The van der Waals surface area contributed by atoms with E-state index in [-0.39, 0.29) is 0 Å². The van der Waals surface area contributed by atoms with Crippen LogP contribution in [0.2, 0.25) is 0 Å². The summed E-state index contributed by atoms with van der Waals surface area (Å²) in [4.78, 5) is 0. The van der Waals surface area contributed by atoms with E-state index in [0.29, 0.717) is 13.3 Å². The van der Waals surface area contributed by atoms with Crippen molar-refractivity contribution in [1.82, 2.24) is 15.0 Å². The Labute approximate surface area is 109 Å². The first-order valence-corrected chi connectivity index (χ1v) is 6.07. The number of fused-ring (bicyclic) bond motifs is 2. The van der Waals surface area contributed by atoms with Crippen molar-refractivity contribution in [3.8, 4) is 11.5 Å². The summed E-state index contributed by atoms with van der Waals surface area (Å²) in [5.74, 6) is 1.59. The number of aromatic nitrogens is 3. The number of ether oxygens (including phenoxy) is 2. The summed E-state index contributed by atoms with van der Waals surface area (Å²) in [5.41, 5.74) is 3.04. The minimum Gasteiger partial charge on any atom is -0.454 e. The molecule has 5 nitrogen and oxygen atoms in total. The molecule has 0 aliphatic carbocycles. The Bertz CT molecular complexity index is 751. The molecule has 0 unspecified atom stereocenters. The molecule has 94 valence electrons. The predicted octanol–water partition coefficient (Wildman–Crippen LogP) is 2.21. The van der Waals surface area contributed by atoms with Crippen LogP contribution < -0.4 is 9.47 Å². The molecule has 0 saturated carbocycles. The third-order valence-electron chi connectivity index (χ3n) is 3.19. The van der Waals surface area contributed by atoms with Gasteiger partial charge >= 0.3 is 0 Å². The fourth-order valence-corrected chi connectivity index (χ4v) is 2.25. The largest absolute Gasteiger partial charge is 0.454 e. The van der Waals surface area contributed by atoms with Crippen LogP contribution in [0, 0.1) is 0 Å². The van der Waals surface area contributed by atoms with E-state index >= 15 is 0 Å². The highest BCUT2D eigenvalue weighted by atomic mass is 16.7. The molecule has 1 aliphatic rings. The summed E-state index contributed by atoms with van der Waals surface area (Å²) in [6, 6.07) is 13.9. The Morgan fingerprint density at radius 3 is 2.95 bits per heavy atom. The smallest absolute Gasteiger partial charge is 0.231 e. The standard InChI is InChI=1S/C14H11N3O2/c1-2-4-12-11(3-1)15-16-17(12)8-10-5-6-13-14(7-10)19-9-18-13/h1-7H,8-9H2. The van der Waals surface area contributed by atoms with Crippen LogP contribution in [0.25, 0.3) is 11.0 Å². The topological polar surface area (TPSA) is 49.2 Å². The summed E-state index contributed by atoms with van der Waals surface area (Å²) >= 11 is 0. The second kappa shape index (κ2) is 3.98. The van der Waals surface area contributed by atoms with Crippen LogP contribution in [0.1, 0.15) is 5.56 Å². The van der Waals surface area contributed by atoms with Crippen LogP contribution >= 0.6 is 0 Å². The maximum absolute atomic E-state index is 5.38. The van der Waals surface area contributed by atoms with Crippen LogP contribution in [0.15, 0.2) is 42.5 Å². The second-order valence-corrected chi connectivity index (χ2v) is 4.42. The summed E-state index contributed by atoms with van der Waals surface area (Å²) < 4.78 is 12.6. The minimum atomic E-state index is 0.297. The lowest BCUT2D eigenvalue weighted by atomic mass is 10.2. The Balaban J connectivity index is 1.71. The van der Waals surface area contributed by atoms with E-state index in [9.17, 15) is 0 Å². The highest BCUT2D eigenvalue weighted by Gasteiger charge is 2.13. The molecule has 2 aromatic carbocycles. The van der Waals surface area contributed by atoms with Crippen LogP contribution in [0.3, 0.4) is 0 Å². The first kappa shape index (κ1) is 10.4. The summed E-state index contributed by atoms with van der Waals surface area (Å²) in [6.45, 7) is 0.961. The molecule has 19 heavy (non-hydrogen) atoms. The molecule has 0 radical (unpaired) electrons. The molecule has 0 fully saturated rings. The van der Waals surface area contributed by atoms with E-state index in [2.05, 4.69) is 10.3 Å². The quantitative estimate of drug-likeness (QED) is 0.702. The van der Waals surface area contributed by atoms with Gasteiger partial charge in [0.15, 0.2) is 11.5 Å². The van der Waals surface area contributed by atoms with Crippen LogP contribution in [0.5, 0.6) is 11.5 Å². The van der Waals surface area contributed by atoms with E-state index in [4.69, 9.17) is 9.47 Å². The van der Waals surface area contributed by atoms with Crippen molar-refractivity contribution in [2.75, 3.05) is 6.79 Å². The summed E-state index contributed by atoms with van der Waals surface area (Å²) in [6.07, 6.45) is 0. The van der Waals surface area contributed by atoms with E-state index in [1.165, 1.54) is 0 Å². The van der Waals surface area contributed by atoms with E-state index in [1.54, 1.807) is 0 Å². The molecule has 0 N–H and O–H groups in total. The van der Waals surface area contributed by atoms with Crippen molar-refractivity contribution in [1.29, 1.82) is 0 Å². The van der Waals surface area contributed by atoms with Gasteiger partial charge in [0.05, 0.1) is 12.1 Å². The van der Waals surface area contributed by atoms with Crippen LogP contribution in [0.4, 0.5) is 0 Å². The fourth-order valence-electron chi connectivity index (χ4n) is 2.25. The first-order valence-electron chi connectivity index (χ1n) is 6.07. The number of rotatable bonds is 2. The van der Waals surface area contributed by atoms with E-state index < -0.39 is 0 Å². The molecule has 1 aromatic heterocycles. The zero-order valence-corrected chi connectivity index (χ0v) is 10.1. The number of para-hydroxylation sites is 1. The Morgan fingerprint density at radius 1 is 1.05 bits per heavy atom. The molecule has 3 aromatic rings. The third kappa shape index (κ3) is 1.71. The maximum Gasteiger partial charge on any atom is 0.231 e. The molecule has 0 amide bonds. The van der Waals surface area contributed by atoms with Gasteiger partial charge < -0.3 is 9.47 Å². The predicted molar refractivity (Wildman–Crippen MR) is 69.2 cm³/mol. The molecule has 4 rings (SSSR count). The lowest BCUT2D eigenvalue weighted by Crippen LogP contribution is -2.01. The van der Waals surface area contributed by atoms with Gasteiger partial charge in [-0.25, -0.2) is 4.68 Å². The zero-order chi connectivity index (χ0) is 12.7. The third-order valence-corrected chi connectivity index (χ3v) is 3.19. The van der Waals surface area contributed by atoms with Gasteiger partial charge in [-0.15, -0.1) is 5.10 Å². The van der Waals surface area contributed by atoms with E-state index in [1.807, 2.05) is 47.1 Å². The molecule has 0 bridgehead atoms. The van der Waals surface area contributed by atoms with Gasteiger partial charge in [0, 0.05) is 0 Å². The summed E-state index contributed by atoms with van der Waals surface area (Å²) in [7, 11) is 0. The normalized spacial score (nSPS) is 13.1. The van der Waals surface area contributed by atoms with Crippen molar-refractivity contribution in [2.45, 2.75) is 6.54 Å². The maximum atomic E-state index is 5.38. The molecule has 0 spiro atoms. The molecule has 0 atom stereocenters. The van der Waals surface area contributed by atoms with Crippen molar-refractivity contribution in [2.24, 2.45) is 0 Å². The fraction of sp³-hybridized carbons (Fsp3) is 0.143. The Kier molecular flexibility index (Phi) is 2.17. The van der Waals surface area contributed by atoms with Crippen molar-refractivity contribution in [3.63, 3.8) is 0 Å². The van der Waals surface area contributed by atoms with Gasteiger partial charge in [0.1, 0.15) is 5.52 Å². The van der Waals surface area contributed by atoms with Gasteiger partial charge in [-0.2, -0.15) is 0 Å². The average Bonchev–Trinajstić information content (AvgIpc) is 3.06. The first-order chi connectivity index (χ1) is 9.40. The van der Waals surface area contributed by atoms with Crippen LogP contribution in [-0.2, 0) is 6.54 Å². The van der Waals surface area contributed by atoms with Crippen molar-refractivity contribution < 1.29 is 9.47 Å². The molecule has 5 heteroatoms. The Morgan fingerprint density at radius 2 is 1.95 bits per heavy atom. The van der Waals surface area contributed by atoms with Gasteiger partial charge in [0.25, 0.3) is 0 Å². The lowest BCUT2D eigenvalue weighted by Gasteiger charge is -2.04. The highest BCUT2D eigenvalue weighted by Crippen LogP contribution is 2.32. The van der Waals surface area contributed by atoms with Crippen LogP contribution in [-0.4, -0.2) is 21.8 Å². The lowest BCUT2D eigenvalue weighted by molar-refractivity contribution is 0.174. The van der Waals surface area contributed by atoms with Gasteiger partial charge in [0.2, 0.25) is 6.79 Å². The average molecular weight is 253 g/mol. The zero-order valence-electron chi connectivity index (χ0n) is 10.1. The van der Waals surface area contributed by atoms with Gasteiger partial charge in [-0.1, -0.05) is 23.4 Å². The van der Waals surface area contributed by atoms with E-state index in [0.717, 1.165) is 28.1 Å². The molecule has 2 heterocycles. The molecular formula is C14H11N3O2. The molecular weight excluding hydrogens is 242 g/mol. The van der Waals surface area contributed by atoms with Gasteiger partial charge in [-0.3, -0.25) is 0 Å². The second-order valence-electron chi connectivity index (χ2n) is 4.42. The number of benzene rings is 2. The number of nitrogens with zero attached hydrogens (tertiary/aromatic N) is 3. The SMILES string of the molecule is c1ccc2c(c1)nnn2Cc1ccc2c(c1)OCO2. The molecule has 1 aliphatic heterocycles. The van der Waals surface area contributed by atoms with Crippen molar-refractivity contribution in [3.05, 3.63) is 48.0 Å². The Hall–Kier alpha value is -2.56. The number of hydrogen-bond donors (Lipinski definition) is 0. The number of hydrogen-bond acceptors (Lipinski definition) is 4. The molecule has 0 saturated heterocycles. The minimum absolute atomic E-state index is 0.297. The highest BCUT2D eigenvalue weighted by molar-refractivity contribution is 5.73. The summed E-state index contributed by atoms with van der Waals surface area (Å²) in [5, 5.41) is 8.32.